The van der Waals surface area contributed by atoms with Gasteiger partial charge in [0.15, 0.2) is 0 Å². The number of halogens is 1. The Morgan fingerprint density at radius 2 is 2.16 bits per heavy atom. The summed E-state index contributed by atoms with van der Waals surface area (Å²) in [6.07, 6.45) is 2.67. The Labute approximate surface area is 120 Å². The van der Waals surface area contributed by atoms with Crippen molar-refractivity contribution in [1.82, 2.24) is 19.9 Å². The number of rotatable bonds is 5. The van der Waals surface area contributed by atoms with Gasteiger partial charge in [-0.1, -0.05) is 6.92 Å². The number of thiazole rings is 1. The quantitative estimate of drug-likeness (QED) is 0.915. The molecule has 0 aliphatic carbocycles. The smallest absolute Gasteiger partial charge is 0.230 e. The van der Waals surface area contributed by atoms with Crippen LogP contribution in [-0.2, 0) is 0 Å². The highest BCUT2D eigenvalue weighted by Crippen LogP contribution is 2.23. The van der Waals surface area contributed by atoms with Crippen molar-refractivity contribution in [1.29, 1.82) is 0 Å². The van der Waals surface area contributed by atoms with Gasteiger partial charge in [-0.2, -0.15) is 15.0 Å². The predicted molar refractivity (Wildman–Crippen MR) is 77.9 cm³/mol. The molecule has 2 aromatic heterocycles. The number of nitrogens with one attached hydrogen (secondary N) is 1. The van der Waals surface area contributed by atoms with Crippen molar-refractivity contribution in [3.8, 4) is 0 Å². The van der Waals surface area contributed by atoms with Gasteiger partial charge in [-0.15, -0.1) is 11.3 Å². The fraction of sp³-hybridized carbons (Fsp3) is 0.455. The van der Waals surface area contributed by atoms with Crippen molar-refractivity contribution in [3.63, 3.8) is 0 Å². The van der Waals surface area contributed by atoms with Gasteiger partial charge in [0, 0.05) is 25.7 Å². The molecule has 0 aliphatic rings. The van der Waals surface area contributed by atoms with Crippen LogP contribution in [0.5, 0.6) is 0 Å². The van der Waals surface area contributed by atoms with E-state index in [1.54, 1.807) is 22.4 Å². The molecule has 6 nitrogen and oxygen atoms in total. The SMILES string of the molecule is CCC(Nc1nc(Cl)nc(N(C)C)n1)c1nccs1. The van der Waals surface area contributed by atoms with E-state index < -0.39 is 0 Å². The second kappa shape index (κ2) is 6.12. The molecular weight excluding hydrogens is 284 g/mol. The molecule has 0 amide bonds. The third-order valence-electron chi connectivity index (χ3n) is 2.46. The summed E-state index contributed by atoms with van der Waals surface area (Å²) >= 11 is 7.51. The zero-order valence-electron chi connectivity index (χ0n) is 11.0. The highest BCUT2D eigenvalue weighted by Gasteiger charge is 2.15. The average molecular weight is 299 g/mol. The van der Waals surface area contributed by atoms with Crippen molar-refractivity contribution < 1.29 is 0 Å². The van der Waals surface area contributed by atoms with Crippen LogP contribution in [-0.4, -0.2) is 34.0 Å². The van der Waals surface area contributed by atoms with Gasteiger partial charge in [-0.05, 0) is 18.0 Å². The molecule has 102 valence electrons. The number of nitrogens with zero attached hydrogens (tertiary/aromatic N) is 5. The van der Waals surface area contributed by atoms with Gasteiger partial charge in [0.1, 0.15) is 5.01 Å². The van der Waals surface area contributed by atoms with Crippen LogP contribution < -0.4 is 10.2 Å². The summed E-state index contributed by atoms with van der Waals surface area (Å²) < 4.78 is 0. The van der Waals surface area contributed by atoms with Crippen LogP contribution in [0.25, 0.3) is 0 Å². The fourth-order valence-corrected chi connectivity index (χ4v) is 2.43. The molecule has 1 atom stereocenters. The lowest BCUT2D eigenvalue weighted by atomic mass is 10.2. The molecule has 0 aromatic carbocycles. The molecule has 0 bridgehead atoms. The molecular formula is C11H15ClN6S. The molecule has 0 aliphatic heterocycles. The van der Waals surface area contributed by atoms with E-state index in [4.69, 9.17) is 11.6 Å². The van der Waals surface area contributed by atoms with Crippen molar-refractivity contribution in [2.45, 2.75) is 19.4 Å². The van der Waals surface area contributed by atoms with Gasteiger partial charge in [-0.25, -0.2) is 4.98 Å². The second-order valence-electron chi connectivity index (χ2n) is 4.10. The van der Waals surface area contributed by atoms with Crippen LogP contribution >= 0.6 is 22.9 Å². The standard InChI is InChI=1S/C11H15ClN6S/c1-4-7(8-13-5-6-19-8)14-10-15-9(12)16-11(17-10)18(2)3/h5-7H,4H2,1-3H3,(H,14,15,16,17). The van der Waals surface area contributed by atoms with Crippen LogP contribution in [0, 0.1) is 0 Å². The lowest BCUT2D eigenvalue weighted by molar-refractivity contribution is 0.729. The van der Waals surface area contributed by atoms with E-state index in [0.717, 1.165) is 11.4 Å². The molecule has 0 spiro atoms. The summed E-state index contributed by atoms with van der Waals surface area (Å²) in [4.78, 5) is 18.5. The minimum atomic E-state index is 0.0773. The number of hydrogen-bond acceptors (Lipinski definition) is 7. The van der Waals surface area contributed by atoms with E-state index in [1.807, 2.05) is 19.5 Å². The summed E-state index contributed by atoms with van der Waals surface area (Å²) in [6.45, 7) is 2.08. The van der Waals surface area contributed by atoms with Crippen LogP contribution in [0.4, 0.5) is 11.9 Å². The maximum absolute atomic E-state index is 5.90. The lowest BCUT2D eigenvalue weighted by Crippen LogP contribution is -2.17. The molecule has 0 fully saturated rings. The molecule has 2 aromatic rings. The maximum Gasteiger partial charge on any atom is 0.230 e. The van der Waals surface area contributed by atoms with Gasteiger partial charge in [0.2, 0.25) is 17.2 Å². The predicted octanol–water partition coefficient (Wildman–Crippen LogP) is 2.61. The molecule has 0 saturated heterocycles. The fourth-order valence-electron chi connectivity index (χ4n) is 1.51. The van der Waals surface area contributed by atoms with Crippen LogP contribution in [0.3, 0.4) is 0 Å². The number of aromatic nitrogens is 4. The topological polar surface area (TPSA) is 66.8 Å². The van der Waals surface area contributed by atoms with Gasteiger partial charge in [-0.3, -0.25) is 0 Å². The molecule has 1 N–H and O–H groups in total. The van der Waals surface area contributed by atoms with Gasteiger partial charge in [0.25, 0.3) is 0 Å². The van der Waals surface area contributed by atoms with Gasteiger partial charge in [0.05, 0.1) is 6.04 Å². The highest BCUT2D eigenvalue weighted by atomic mass is 35.5. The summed E-state index contributed by atoms with van der Waals surface area (Å²) in [6, 6.07) is 0.0773. The van der Waals surface area contributed by atoms with Crippen molar-refractivity contribution in [2.75, 3.05) is 24.3 Å². The first-order valence-electron chi connectivity index (χ1n) is 5.85. The molecule has 0 saturated carbocycles. The Balaban J connectivity index is 2.22. The zero-order valence-corrected chi connectivity index (χ0v) is 12.5. The largest absolute Gasteiger partial charge is 0.347 e. The number of hydrogen-bond donors (Lipinski definition) is 1. The van der Waals surface area contributed by atoms with Crippen molar-refractivity contribution >= 4 is 34.8 Å². The summed E-state index contributed by atoms with van der Waals surface area (Å²) in [5.74, 6) is 0.988. The molecule has 19 heavy (non-hydrogen) atoms. The van der Waals surface area contributed by atoms with Crippen molar-refractivity contribution in [3.05, 3.63) is 21.9 Å². The lowest BCUT2D eigenvalue weighted by Gasteiger charge is -2.16. The molecule has 0 radical (unpaired) electrons. The Bertz CT molecular complexity index is 530. The third kappa shape index (κ3) is 3.51. The van der Waals surface area contributed by atoms with Crippen molar-refractivity contribution in [2.24, 2.45) is 0 Å². The summed E-state index contributed by atoms with van der Waals surface area (Å²) in [5, 5.41) is 6.37. The Morgan fingerprint density at radius 3 is 2.74 bits per heavy atom. The Hall–Kier alpha value is -1.47. The zero-order chi connectivity index (χ0) is 13.8. The normalized spacial score (nSPS) is 12.2. The Morgan fingerprint density at radius 1 is 1.37 bits per heavy atom. The minimum Gasteiger partial charge on any atom is -0.347 e. The molecule has 1 unspecified atom stereocenters. The van der Waals surface area contributed by atoms with Crippen LogP contribution in [0.1, 0.15) is 24.4 Å². The van der Waals surface area contributed by atoms with E-state index in [2.05, 4.69) is 32.2 Å². The third-order valence-corrected chi connectivity index (χ3v) is 3.52. The average Bonchev–Trinajstić information content (AvgIpc) is 2.89. The second-order valence-corrected chi connectivity index (χ2v) is 5.36. The molecule has 8 heteroatoms. The maximum atomic E-state index is 5.90. The van der Waals surface area contributed by atoms with Gasteiger partial charge >= 0.3 is 0 Å². The minimum absolute atomic E-state index is 0.0773. The van der Waals surface area contributed by atoms with Crippen LogP contribution in [0.15, 0.2) is 11.6 Å². The van der Waals surface area contributed by atoms with E-state index in [0.29, 0.717) is 11.9 Å². The molecule has 2 rings (SSSR count). The van der Waals surface area contributed by atoms with E-state index in [9.17, 15) is 0 Å². The number of anilines is 2. The van der Waals surface area contributed by atoms with Gasteiger partial charge < -0.3 is 10.2 Å². The molecule has 2 heterocycles. The summed E-state index contributed by atoms with van der Waals surface area (Å²) in [7, 11) is 3.71. The monoisotopic (exact) mass is 298 g/mol. The van der Waals surface area contributed by atoms with E-state index >= 15 is 0 Å². The first-order valence-corrected chi connectivity index (χ1v) is 7.10. The Kier molecular flexibility index (Phi) is 4.49. The summed E-state index contributed by atoms with van der Waals surface area (Å²) in [5.41, 5.74) is 0. The van der Waals surface area contributed by atoms with E-state index in [1.165, 1.54) is 0 Å². The first kappa shape index (κ1) is 14.0. The van der Waals surface area contributed by atoms with Crippen LogP contribution in [0.2, 0.25) is 5.28 Å². The highest BCUT2D eigenvalue weighted by molar-refractivity contribution is 7.09. The van der Waals surface area contributed by atoms with E-state index in [-0.39, 0.29) is 11.3 Å². The first-order chi connectivity index (χ1) is 9.10.